The van der Waals surface area contributed by atoms with Gasteiger partial charge in [-0.25, -0.2) is 0 Å². The molecule has 0 fully saturated rings. The van der Waals surface area contributed by atoms with Crippen LogP contribution in [-0.4, -0.2) is 0 Å². The topological polar surface area (TPSA) is 3.24 Å². The van der Waals surface area contributed by atoms with E-state index in [1.165, 1.54) is 16.5 Å². The molecule has 0 spiro atoms. The van der Waals surface area contributed by atoms with Gasteiger partial charge in [-0.15, -0.1) is 0 Å². The third-order valence-electron chi connectivity index (χ3n) is 4.04. The van der Waals surface area contributed by atoms with Crippen LogP contribution in [0, 0.1) is 0 Å². The minimum Gasteiger partial charge on any atom is -0.310 e. The minimum absolute atomic E-state index is 1.16. The molecule has 0 aliphatic heterocycles. The second kappa shape index (κ2) is 8.16. The summed E-state index contributed by atoms with van der Waals surface area (Å²) >= 11 is 0. The largest absolute Gasteiger partial charge is 0.310 e. The van der Waals surface area contributed by atoms with Crippen LogP contribution in [-0.2, 0) is 0 Å². The molecule has 4 aromatic rings. The lowest BCUT2D eigenvalue weighted by molar-refractivity contribution is 1.30. The molecule has 1 nitrogen and oxygen atoms in total. The predicted molar refractivity (Wildman–Crippen MR) is 110 cm³/mol. The van der Waals surface area contributed by atoms with Gasteiger partial charge in [-0.05, 0) is 35.7 Å². The normalized spacial score (nSPS) is 10.0. The number of hydrogen-bond donors (Lipinski definition) is 0. The predicted octanol–water partition coefficient (Wildman–Crippen LogP) is 7.34. The molecule has 0 aliphatic rings. The lowest BCUT2D eigenvalue weighted by Gasteiger charge is -2.26. The smallest absolute Gasteiger partial charge is 0.0540 e. The van der Waals surface area contributed by atoms with Gasteiger partial charge in [0.05, 0.1) is 5.69 Å². The van der Waals surface area contributed by atoms with Crippen LogP contribution in [0.15, 0.2) is 103 Å². The van der Waals surface area contributed by atoms with Gasteiger partial charge >= 0.3 is 0 Å². The van der Waals surface area contributed by atoms with Crippen LogP contribution in [0.2, 0.25) is 0 Å². The van der Waals surface area contributed by atoms with Gasteiger partial charge in [0.1, 0.15) is 0 Å². The molecule has 0 saturated heterocycles. The van der Waals surface area contributed by atoms with Crippen molar-refractivity contribution in [3.8, 4) is 0 Å². The first-order valence-corrected chi connectivity index (χ1v) is 8.81. The Morgan fingerprint density at radius 3 is 1.56 bits per heavy atom. The Kier molecular flexibility index (Phi) is 5.48. The number of anilines is 3. The van der Waals surface area contributed by atoms with Gasteiger partial charge in [0.15, 0.2) is 0 Å². The third kappa shape index (κ3) is 3.56. The summed E-state index contributed by atoms with van der Waals surface area (Å²) in [5, 5.41) is 2.50. The number of rotatable bonds is 3. The summed E-state index contributed by atoms with van der Waals surface area (Å²) in [4.78, 5) is 2.31. The Bertz CT molecular complexity index is 869. The summed E-state index contributed by atoms with van der Waals surface area (Å²) in [7, 11) is 0. The molecule has 0 radical (unpaired) electrons. The van der Waals surface area contributed by atoms with E-state index < -0.39 is 0 Å². The van der Waals surface area contributed by atoms with Crippen molar-refractivity contribution in [2.24, 2.45) is 0 Å². The zero-order chi connectivity index (χ0) is 17.5. The van der Waals surface area contributed by atoms with E-state index in [1.807, 2.05) is 13.8 Å². The van der Waals surface area contributed by atoms with Gasteiger partial charge in [0.25, 0.3) is 0 Å². The van der Waals surface area contributed by atoms with E-state index in [2.05, 4.69) is 108 Å². The highest BCUT2D eigenvalue weighted by Gasteiger charge is 2.13. The molecule has 0 unspecified atom stereocenters. The highest BCUT2D eigenvalue weighted by molar-refractivity contribution is 5.98. The number of fused-ring (bicyclic) bond motifs is 1. The van der Waals surface area contributed by atoms with E-state index in [-0.39, 0.29) is 0 Å². The summed E-state index contributed by atoms with van der Waals surface area (Å²) < 4.78 is 0. The number of nitrogens with zero attached hydrogens (tertiary/aromatic N) is 1. The summed E-state index contributed by atoms with van der Waals surface area (Å²) in [6.07, 6.45) is 0. The number of para-hydroxylation sites is 2. The second-order valence-corrected chi connectivity index (χ2v) is 5.50. The highest BCUT2D eigenvalue weighted by Crippen LogP contribution is 2.38. The molecule has 1 heteroatoms. The lowest BCUT2D eigenvalue weighted by atomic mass is 10.1. The van der Waals surface area contributed by atoms with E-state index in [4.69, 9.17) is 0 Å². The first-order chi connectivity index (χ1) is 12.4. The molecule has 0 aromatic heterocycles. The van der Waals surface area contributed by atoms with Crippen molar-refractivity contribution in [3.05, 3.63) is 103 Å². The average Bonchev–Trinajstić information content (AvgIpc) is 2.72. The molecular weight excluding hydrogens is 302 g/mol. The van der Waals surface area contributed by atoms with Crippen LogP contribution in [0.1, 0.15) is 13.8 Å². The zero-order valence-electron chi connectivity index (χ0n) is 14.8. The van der Waals surface area contributed by atoms with Crippen molar-refractivity contribution >= 4 is 27.8 Å². The maximum absolute atomic E-state index is 2.31. The Balaban J connectivity index is 0.000000880. The maximum Gasteiger partial charge on any atom is 0.0540 e. The van der Waals surface area contributed by atoms with Crippen molar-refractivity contribution in [2.75, 3.05) is 4.90 Å². The molecule has 25 heavy (non-hydrogen) atoms. The third-order valence-corrected chi connectivity index (χ3v) is 4.04. The average molecular weight is 325 g/mol. The summed E-state index contributed by atoms with van der Waals surface area (Å²) in [5.41, 5.74) is 3.52. The molecular formula is C24H23N. The summed E-state index contributed by atoms with van der Waals surface area (Å²) in [5.74, 6) is 0. The quantitative estimate of drug-likeness (QED) is 0.381. The van der Waals surface area contributed by atoms with Gasteiger partial charge in [-0.1, -0.05) is 86.6 Å². The van der Waals surface area contributed by atoms with E-state index in [0.29, 0.717) is 0 Å². The highest BCUT2D eigenvalue weighted by atomic mass is 15.1. The fourth-order valence-corrected chi connectivity index (χ4v) is 2.98. The van der Waals surface area contributed by atoms with Gasteiger partial charge in [0.2, 0.25) is 0 Å². The van der Waals surface area contributed by atoms with Crippen molar-refractivity contribution < 1.29 is 0 Å². The van der Waals surface area contributed by atoms with Gasteiger partial charge in [-0.3, -0.25) is 0 Å². The lowest BCUT2D eigenvalue weighted by Crippen LogP contribution is -2.10. The Morgan fingerprint density at radius 2 is 0.960 bits per heavy atom. The van der Waals surface area contributed by atoms with E-state index in [0.717, 1.165) is 11.4 Å². The van der Waals surface area contributed by atoms with Crippen LogP contribution >= 0.6 is 0 Å². The van der Waals surface area contributed by atoms with Gasteiger partial charge in [0, 0.05) is 16.8 Å². The first-order valence-electron chi connectivity index (χ1n) is 8.81. The molecule has 0 N–H and O–H groups in total. The van der Waals surface area contributed by atoms with Crippen LogP contribution in [0.25, 0.3) is 10.8 Å². The van der Waals surface area contributed by atoms with Crippen molar-refractivity contribution in [2.45, 2.75) is 13.8 Å². The van der Waals surface area contributed by atoms with Crippen LogP contribution in [0.4, 0.5) is 17.1 Å². The SMILES string of the molecule is CC.c1ccc(N(c2ccccc2)c2cccc3ccccc23)cc1. The molecule has 0 bridgehead atoms. The van der Waals surface area contributed by atoms with Crippen LogP contribution in [0.5, 0.6) is 0 Å². The van der Waals surface area contributed by atoms with Crippen LogP contribution in [0.3, 0.4) is 0 Å². The molecule has 124 valence electrons. The molecule has 0 saturated carbocycles. The molecule has 0 aliphatic carbocycles. The van der Waals surface area contributed by atoms with E-state index >= 15 is 0 Å². The molecule has 0 atom stereocenters. The van der Waals surface area contributed by atoms with E-state index in [1.54, 1.807) is 0 Å². The first kappa shape index (κ1) is 16.8. The molecule has 0 heterocycles. The van der Waals surface area contributed by atoms with E-state index in [9.17, 15) is 0 Å². The standard InChI is InChI=1S/C22H17N.C2H6/c1-3-12-19(13-4-1)23(20-14-5-2-6-15-20)22-17-9-11-18-10-7-8-16-21(18)22;1-2/h1-17H;1-2H3. The van der Waals surface area contributed by atoms with Gasteiger partial charge < -0.3 is 4.90 Å². The van der Waals surface area contributed by atoms with Crippen molar-refractivity contribution in [1.29, 1.82) is 0 Å². The number of benzene rings is 4. The fraction of sp³-hybridized carbons (Fsp3) is 0.0833. The second-order valence-electron chi connectivity index (χ2n) is 5.50. The monoisotopic (exact) mass is 325 g/mol. The van der Waals surface area contributed by atoms with Gasteiger partial charge in [-0.2, -0.15) is 0 Å². The molecule has 4 rings (SSSR count). The molecule has 0 amide bonds. The summed E-state index contributed by atoms with van der Waals surface area (Å²) in [6, 6.07) is 36.0. The Morgan fingerprint density at radius 1 is 0.480 bits per heavy atom. The maximum atomic E-state index is 2.31. The Labute approximate surface area is 150 Å². The van der Waals surface area contributed by atoms with Crippen LogP contribution < -0.4 is 4.90 Å². The zero-order valence-corrected chi connectivity index (χ0v) is 14.8. The van der Waals surface area contributed by atoms with Crippen molar-refractivity contribution in [3.63, 3.8) is 0 Å². The fourth-order valence-electron chi connectivity index (χ4n) is 2.98. The minimum atomic E-state index is 1.16. The van der Waals surface area contributed by atoms with Crippen molar-refractivity contribution in [1.82, 2.24) is 0 Å². The molecule has 4 aromatic carbocycles. The number of hydrogen-bond acceptors (Lipinski definition) is 1. The summed E-state index contributed by atoms with van der Waals surface area (Å²) in [6.45, 7) is 4.00. The Hall–Kier alpha value is -3.06.